The van der Waals surface area contributed by atoms with E-state index in [1.807, 2.05) is 25.1 Å². The van der Waals surface area contributed by atoms with Gasteiger partial charge in [-0.2, -0.15) is 0 Å². The Morgan fingerprint density at radius 1 is 1.40 bits per heavy atom. The summed E-state index contributed by atoms with van der Waals surface area (Å²) in [5, 5.41) is 9.86. The molecule has 0 aliphatic rings. The van der Waals surface area contributed by atoms with Crippen molar-refractivity contribution in [1.82, 2.24) is 4.98 Å². The molecule has 3 heteroatoms. The Labute approximate surface area is 87.7 Å². The lowest BCUT2D eigenvalue weighted by Gasteiger charge is -1.97. The molecule has 2 N–H and O–H groups in total. The lowest BCUT2D eigenvalue weighted by atomic mass is 10.1. The average Bonchev–Trinajstić information content (AvgIpc) is 2.41. The number of nitrogens with one attached hydrogen (secondary N) is 1. The van der Waals surface area contributed by atoms with Crippen molar-refractivity contribution in [2.24, 2.45) is 0 Å². The first-order valence-corrected chi connectivity index (χ1v) is 4.87. The molecule has 1 aromatic heterocycles. The Bertz CT molecular complexity index is 526. The van der Waals surface area contributed by atoms with Crippen LogP contribution in [-0.4, -0.2) is 16.1 Å². The van der Waals surface area contributed by atoms with Crippen molar-refractivity contribution in [3.05, 3.63) is 35.0 Å². The molecule has 0 unspecified atom stereocenters. The van der Waals surface area contributed by atoms with Gasteiger partial charge in [0.15, 0.2) is 0 Å². The summed E-state index contributed by atoms with van der Waals surface area (Å²) in [5.41, 5.74) is 4.21. The summed E-state index contributed by atoms with van der Waals surface area (Å²) in [6, 6.07) is 5.76. The maximum absolute atomic E-state index is 10.6. The van der Waals surface area contributed by atoms with Crippen molar-refractivity contribution in [1.29, 1.82) is 0 Å². The number of carboxylic acids is 1. The highest BCUT2D eigenvalue weighted by atomic mass is 16.4. The summed E-state index contributed by atoms with van der Waals surface area (Å²) < 4.78 is 0. The zero-order chi connectivity index (χ0) is 11.0. The largest absolute Gasteiger partial charge is 0.481 e. The number of fused-ring (bicyclic) bond motifs is 1. The fourth-order valence-electron chi connectivity index (χ4n) is 1.80. The van der Waals surface area contributed by atoms with Crippen LogP contribution in [0.3, 0.4) is 0 Å². The van der Waals surface area contributed by atoms with Crippen molar-refractivity contribution >= 4 is 16.9 Å². The van der Waals surface area contributed by atoms with Gasteiger partial charge in [0.25, 0.3) is 0 Å². The van der Waals surface area contributed by atoms with E-state index in [9.17, 15) is 4.79 Å². The summed E-state index contributed by atoms with van der Waals surface area (Å²) in [4.78, 5) is 13.8. The molecule has 0 atom stereocenters. The van der Waals surface area contributed by atoms with E-state index < -0.39 is 5.97 Å². The van der Waals surface area contributed by atoms with Crippen molar-refractivity contribution < 1.29 is 9.90 Å². The van der Waals surface area contributed by atoms with E-state index in [0.717, 1.165) is 16.8 Å². The monoisotopic (exact) mass is 203 g/mol. The van der Waals surface area contributed by atoms with E-state index in [4.69, 9.17) is 5.11 Å². The molecule has 15 heavy (non-hydrogen) atoms. The van der Waals surface area contributed by atoms with Crippen LogP contribution in [-0.2, 0) is 11.2 Å². The van der Waals surface area contributed by atoms with E-state index in [0.29, 0.717) is 0 Å². The topological polar surface area (TPSA) is 53.1 Å². The number of carboxylic acid groups (broad SMARTS) is 1. The van der Waals surface area contributed by atoms with Crippen LogP contribution in [0.2, 0.25) is 0 Å². The standard InChI is InChI=1S/C12H13NO2/c1-7-8(2)13-11-5-9(6-12(14)15)3-4-10(7)11/h3-5,13H,6H2,1-2H3,(H,14,15). The highest BCUT2D eigenvalue weighted by molar-refractivity contribution is 5.85. The zero-order valence-electron chi connectivity index (χ0n) is 8.79. The van der Waals surface area contributed by atoms with Gasteiger partial charge in [0, 0.05) is 16.6 Å². The number of aliphatic carboxylic acids is 1. The van der Waals surface area contributed by atoms with E-state index in [1.165, 1.54) is 10.9 Å². The first kappa shape index (κ1) is 9.77. The number of benzene rings is 1. The fraction of sp³-hybridized carbons (Fsp3) is 0.250. The lowest BCUT2D eigenvalue weighted by Crippen LogP contribution is -1.99. The molecule has 2 rings (SSSR count). The Balaban J connectivity index is 2.52. The first-order chi connectivity index (χ1) is 7.08. The number of rotatable bonds is 2. The van der Waals surface area contributed by atoms with Crippen molar-refractivity contribution in [2.75, 3.05) is 0 Å². The molecule has 78 valence electrons. The smallest absolute Gasteiger partial charge is 0.307 e. The van der Waals surface area contributed by atoms with Crippen LogP contribution in [0.25, 0.3) is 10.9 Å². The molecule has 0 saturated heterocycles. The first-order valence-electron chi connectivity index (χ1n) is 4.87. The maximum Gasteiger partial charge on any atom is 0.307 e. The third-order valence-electron chi connectivity index (χ3n) is 2.73. The fourth-order valence-corrected chi connectivity index (χ4v) is 1.80. The van der Waals surface area contributed by atoms with Gasteiger partial charge in [-0.25, -0.2) is 0 Å². The zero-order valence-corrected chi connectivity index (χ0v) is 8.79. The summed E-state index contributed by atoms with van der Waals surface area (Å²) in [6.45, 7) is 4.08. The van der Waals surface area contributed by atoms with Crippen LogP contribution < -0.4 is 0 Å². The van der Waals surface area contributed by atoms with Gasteiger partial charge in [-0.1, -0.05) is 12.1 Å². The number of H-pyrrole nitrogens is 1. The molecule has 0 radical (unpaired) electrons. The molecular weight excluding hydrogens is 190 g/mol. The average molecular weight is 203 g/mol. The van der Waals surface area contributed by atoms with Gasteiger partial charge in [-0.15, -0.1) is 0 Å². The van der Waals surface area contributed by atoms with Crippen LogP contribution in [0.5, 0.6) is 0 Å². The van der Waals surface area contributed by atoms with Gasteiger partial charge in [0.1, 0.15) is 0 Å². The second kappa shape index (κ2) is 3.42. The van der Waals surface area contributed by atoms with Gasteiger partial charge >= 0.3 is 5.97 Å². The van der Waals surface area contributed by atoms with E-state index in [-0.39, 0.29) is 6.42 Å². The van der Waals surface area contributed by atoms with Gasteiger partial charge in [-0.05, 0) is 31.0 Å². The molecule has 0 spiro atoms. The molecule has 3 nitrogen and oxygen atoms in total. The van der Waals surface area contributed by atoms with Gasteiger partial charge in [0.2, 0.25) is 0 Å². The normalized spacial score (nSPS) is 10.8. The minimum atomic E-state index is -0.797. The SMILES string of the molecule is Cc1[nH]c2cc(CC(=O)O)ccc2c1C. The number of hydrogen-bond donors (Lipinski definition) is 2. The number of aromatic nitrogens is 1. The Hall–Kier alpha value is -1.77. The molecule has 1 heterocycles. The molecule has 0 aliphatic carbocycles. The predicted octanol–water partition coefficient (Wildman–Crippen LogP) is 2.41. The van der Waals surface area contributed by atoms with Crippen LogP contribution in [0, 0.1) is 13.8 Å². The van der Waals surface area contributed by atoms with Gasteiger partial charge in [-0.3, -0.25) is 4.79 Å². The molecule has 0 saturated carbocycles. The predicted molar refractivity (Wildman–Crippen MR) is 59.1 cm³/mol. The number of hydrogen-bond acceptors (Lipinski definition) is 1. The Morgan fingerprint density at radius 2 is 2.13 bits per heavy atom. The summed E-state index contributed by atoms with van der Waals surface area (Å²) in [5.74, 6) is -0.797. The number of aromatic amines is 1. The maximum atomic E-state index is 10.6. The molecule has 2 aromatic rings. The Kier molecular flexibility index (Phi) is 2.23. The minimum absolute atomic E-state index is 0.0764. The van der Waals surface area contributed by atoms with E-state index in [2.05, 4.69) is 11.9 Å². The molecule has 0 aliphatic heterocycles. The highest BCUT2D eigenvalue weighted by Gasteiger charge is 2.06. The van der Waals surface area contributed by atoms with Crippen LogP contribution in [0.15, 0.2) is 18.2 Å². The van der Waals surface area contributed by atoms with Crippen molar-refractivity contribution in [3.63, 3.8) is 0 Å². The van der Waals surface area contributed by atoms with Crippen molar-refractivity contribution in [2.45, 2.75) is 20.3 Å². The molecular formula is C12H13NO2. The van der Waals surface area contributed by atoms with Gasteiger partial charge in [0.05, 0.1) is 6.42 Å². The number of carbonyl (C=O) groups is 1. The second-order valence-electron chi connectivity index (χ2n) is 3.83. The van der Waals surface area contributed by atoms with E-state index in [1.54, 1.807) is 0 Å². The van der Waals surface area contributed by atoms with Crippen LogP contribution in [0.1, 0.15) is 16.8 Å². The summed E-state index contributed by atoms with van der Waals surface area (Å²) in [6.07, 6.45) is 0.0764. The lowest BCUT2D eigenvalue weighted by molar-refractivity contribution is -0.136. The third-order valence-corrected chi connectivity index (χ3v) is 2.73. The molecule has 1 aromatic carbocycles. The minimum Gasteiger partial charge on any atom is -0.481 e. The summed E-state index contributed by atoms with van der Waals surface area (Å²) >= 11 is 0. The Morgan fingerprint density at radius 3 is 2.80 bits per heavy atom. The molecule has 0 bridgehead atoms. The summed E-state index contributed by atoms with van der Waals surface area (Å²) in [7, 11) is 0. The molecule has 0 amide bonds. The quantitative estimate of drug-likeness (QED) is 0.787. The molecule has 0 fully saturated rings. The highest BCUT2D eigenvalue weighted by Crippen LogP contribution is 2.22. The van der Waals surface area contributed by atoms with Crippen LogP contribution in [0.4, 0.5) is 0 Å². The van der Waals surface area contributed by atoms with Gasteiger partial charge < -0.3 is 10.1 Å². The van der Waals surface area contributed by atoms with Crippen molar-refractivity contribution in [3.8, 4) is 0 Å². The second-order valence-corrected chi connectivity index (χ2v) is 3.83. The number of aryl methyl sites for hydroxylation is 2. The van der Waals surface area contributed by atoms with E-state index >= 15 is 0 Å². The van der Waals surface area contributed by atoms with Crippen LogP contribution >= 0.6 is 0 Å². The third kappa shape index (κ3) is 1.73.